The first-order valence-electron chi connectivity index (χ1n) is 24.0. The van der Waals surface area contributed by atoms with Gasteiger partial charge in [0.25, 0.3) is 0 Å². The number of benzene rings is 11. The van der Waals surface area contributed by atoms with Crippen LogP contribution in [0.3, 0.4) is 0 Å². The third kappa shape index (κ3) is 7.13. The van der Waals surface area contributed by atoms with E-state index in [1.165, 1.54) is 36.9 Å². The van der Waals surface area contributed by atoms with Crippen molar-refractivity contribution < 1.29 is 8.83 Å². The SMILES string of the molecule is c1ccc(N(c2ccccc2)c2cc(-c3ccc(-c4ccc(-c5cccc6c5sc5ccccc56)cc4)cc3)cc(N(c3ccc4c(c3)oc3ccccc34)c3ccc4c(c3)oc3ccccc34)c2)cc1. The Bertz CT molecular complexity index is 4130. The summed E-state index contributed by atoms with van der Waals surface area (Å²) < 4.78 is 15.7. The predicted octanol–water partition coefficient (Wildman–Crippen LogP) is 19.8. The molecular formula is C66H42N2O2S. The zero-order valence-electron chi connectivity index (χ0n) is 38.4. The van der Waals surface area contributed by atoms with Crippen LogP contribution in [0.1, 0.15) is 0 Å². The van der Waals surface area contributed by atoms with E-state index < -0.39 is 0 Å². The molecule has 3 aromatic heterocycles. The van der Waals surface area contributed by atoms with Crippen molar-refractivity contribution in [3.8, 4) is 33.4 Å². The summed E-state index contributed by atoms with van der Waals surface area (Å²) in [7, 11) is 0. The summed E-state index contributed by atoms with van der Waals surface area (Å²) in [5.41, 5.74) is 16.4. The predicted molar refractivity (Wildman–Crippen MR) is 300 cm³/mol. The van der Waals surface area contributed by atoms with Crippen LogP contribution in [-0.4, -0.2) is 0 Å². The number of thiophene rings is 1. The standard InChI is InChI=1S/C66H42N2O2S/c1-3-14-48(15-4-1)67(49-16-5-2-6-17-49)52-38-47(45-28-26-43(27-29-45)44-30-32-46(33-31-44)54-21-13-22-60-59-20-9-12-25-65(59)71-66(54)60)39-53(40-52)68(50-34-36-57-55-18-7-10-23-61(55)69-63(57)41-50)51-35-37-58-56-19-8-11-24-62(56)70-64(58)42-51/h1-42H. The molecule has 14 rings (SSSR count). The highest BCUT2D eigenvalue weighted by Crippen LogP contribution is 2.46. The van der Waals surface area contributed by atoms with E-state index in [1.54, 1.807) is 0 Å². The van der Waals surface area contributed by atoms with Gasteiger partial charge in [0.2, 0.25) is 0 Å². The molecule has 334 valence electrons. The van der Waals surface area contributed by atoms with E-state index >= 15 is 0 Å². The van der Waals surface area contributed by atoms with Gasteiger partial charge in [-0.1, -0.05) is 158 Å². The fraction of sp³-hybridized carbons (Fsp3) is 0. The lowest BCUT2D eigenvalue weighted by molar-refractivity contribution is 0.669. The highest BCUT2D eigenvalue weighted by atomic mass is 32.1. The molecule has 0 saturated carbocycles. The average molecular weight is 927 g/mol. The number of furan rings is 2. The summed E-state index contributed by atoms with van der Waals surface area (Å²) in [6, 6.07) is 91.2. The maximum absolute atomic E-state index is 6.55. The third-order valence-corrected chi connectivity index (χ3v) is 15.1. The Balaban J connectivity index is 0.920. The van der Waals surface area contributed by atoms with Gasteiger partial charge in [0.15, 0.2) is 0 Å². The minimum Gasteiger partial charge on any atom is -0.456 e. The zero-order valence-corrected chi connectivity index (χ0v) is 39.2. The van der Waals surface area contributed by atoms with E-state index in [2.05, 4.69) is 240 Å². The second-order valence-corrected chi connectivity index (χ2v) is 19.1. The fourth-order valence-corrected chi connectivity index (χ4v) is 11.7. The van der Waals surface area contributed by atoms with E-state index in [1.807, 2.05) is 35.6 Å². The molecule has 0 amide bonds. The fourth-order valence-electron chi connectivity index (χ4n) is 10.4. The van der Waals surface area contributed by atoms with Gasteiger partial charge in [0.1, 0.15) is 22.3 Å². The van der Waals surface area contributed by atoms with Crippen LogP contribution in [0.15, 0.2) is 264 Å². The van der Waals surface area contributed by atoms with Crippen LogP contribution in [0.25, 0.3) is 97.4 Å². The van der Waals surface area contributed by atoms with Crippen LogP contribution < -0.4 is 9.80 Å². The van der Waals surface area contributed by atoms with Gasteiger partial charge in [-0.15, -0.1) is 11.3 Å². The second kappa shape index (κ2) is 16.8. The minimum absolute atomic E-state index is 0.825. The summed E-state index contributed by atoms with van der Waals surface area (Å²) in [6.45, 7) is 0. The Hall–Kier alpha value is -9.16. The zero-order chi connectivity index (χ0) is 46.8. The third-order valence-electron chi connectivity index (χ3n) is 13.8. The van der Waals surface area contributed by atoms with Crippen LogP contribution in [0.2, 0.25) is 0 Å². The summed E-state index contributed by atoms with van der Waals surface area (Å²) >= 11 is 1.87. The summed E-state index contributed by atoms with van der Waals surface area (Å²) in [6.07, 6.45) is 0. The first-order chi connectivity index (χ1) is 35.2. The molecular weight excluding hydrogens is 885 g/mol. The van der Waals surface area contributed by atoms with Crippen molar-refractivity contribution in [2.24, 2.45) is 0 Å². The van der Waals surface area contributed by atoms with Gasteiger partial charge in [-0.3, -0.25) is 0 Å². The molecule has 0 saturated heterocycles. The van der Waals surface area contributed by atoms with Crippen LogP contribution in [0, 0.1) is 0 Å². The largest absolute Gasteiger partial charge is 0.456 e. The number of rotatable bonds is 9. The van der Waals surface area contributed by atoms with Crippen molar-refractivity contribution in [3.05, 3.63) is 255 Å². The average Bonchev–Trinajstić information content (AvgIpc) is 4.13. The normalized spacial score (nSPS) is 11.7. The van der Waals surface area contributed by atoms with Crippen molar-refractivity contribution in [2.45, 2.75) is 0 Å². The van der Waals surface area contributed by atoms with Gasteiger partial charge in [0.05, 0.1) is 0 Å². The molecule has 0 aliphatic carbocycles. The monoisotopic (exact) mass is 926 g/mol. The van der Waals surface area contributed by atoms with Crippen LogP contribution in [0.4, 0.5) is 34.1 Å². The molecule has 14 aromatic rings. The number of anilines is 6. The maximum Gasteiger partial charge on any atom is 0.137 e. The summed E-state index contributed by atoms with van der Waals surface area (Å²) in [5.74, 6) is 0. The topological polar surface area (TPSA) is 32.8 Å². The highest BCUT2D eigenvalue weighted by Gasteiger charge is 2.22. The van der Waals surface area contributed by atoms with E-state index in [0.29, 0.717) is 0 Å². The van der Waals surface area contributed by atoms with Crippen LogP contribution >= 0.6 is 11.3 Å². The van der Waals surface area contributed by atoms with Gasteiger partial charge < -0.3 is 18.6 Å². The van der Waals surface area contributed by atoms with Gasteiger partial charge in [0, 0.05) is 88.0 Å². The Labute approximate surface area is 414 Å². The molecule has 11 aromatic carbocycles. The number of para-hydroxylation sites is 4. The molecule has 0 radical (unpaired) electrons. The van der Waals surface area contributed by atoms with Crippen LogP contribution in [-0.2, 0) is 0 Å². The Morgan fingerprint density at radius 1 is 0.254 bits per heavy atom. The molecule has 0 bridgehead atoms. The van der Waals surface area contributed by atoms with Gasteiger partial charge >= 0.3 is 0 Å². The molecule has 0 aliphatic rings. The van der Waals surface area contributed by atoms with Crippen molar-refractivity contribution in [3.63, 3.8) is 0 Å². The second-order valence-electron chi connectivity index (χ2n) is 18.1. The lowest BCUT2D eigenvalue weighted by atomic mass is 9.97. The van der Waals surface area contributed by atoms with E-state index in [0.717, 1.165) is 94.7 Å². The van der Waals surface area contributed by atoms with Gasteiger partial charge in [-0.2, -0.15) is 0 Å². The van der Waals surface area contributed by atoms with Crippen molar-refractivity contribution in [1.82, 2.24) is 0 Å². The lowest BCUT2D eigenvalue weighted by Gasteiger charge is -2.30. The molecule has 71 heavy (non-hydrogen) atoms. The van der Waals surface area contributed by atoms with Crippen molar-refractivity contribution >= 4 is 110 Å². The molecule has 0 fully saturated rings. The number of fused-ring (bicyclic) bond motifs is 9. The molecule has 0 spiro atoms. The lowest BCUT2D eigenvalue weighted by Crippen LogP contribution is -2.13. The molecule has 5 heteroatoms. The van der Waals surface area contributed by atoms with Gasteiger partial charge in [-0.25, -0.2) is 0 Å². The first-order valence-corrected chi connectivity index (χ1v) is 24.8. The molecule has 0 N–H and O–H groups in total. The van der Waals surface area contributed by atoms with Gasteiger partial charge in [-0.05, 0) is 118 Å². The number of hydrogen-bond acceptors (Lipinski definition) is 5. The molecule has 0 aliphatic heterocycles. The first kappa shape index (κ1) is 40.9. The summed E-state index contributed by atoms with van der Waals surface area (Å²) in [4.78, 5) is 4.67. The quantitative estimate of drug-likeness (QED) is 0.144. The maximum atomic E-state index is 6.55. The van der Waals surface area contributed by atoms with E-state index in [4.69, 9.17) is 8.83 Å². The van der Waals surface area contributed by atoms with Crippen molar-refractivity contribution in [1.29, 1.82) is 0 Å². The van der Waals surface area contributed by atoms with Crippen LogP contribution in [0.5, 0.6) is 0 Å². The summed E-state index contributed by atoms with van der Waals surface area (Å²) in [5, 5.41) is 6.98. The van der Waals surface area contributed by atoms with E-state index in [-0.39, 0.29) is 0 Å². The van der Waals surface area contributed by atoms with E-state index in [9.17, 15) is 0 Å². The Kier molecular flexibility index (Phi) is 9.68. The molecule has 0 unspecified atom stereocenters. The smallest absolute Gasteiger partial charge is 0.137 e. The Morgan fingerprint density at radius 3 is 1.25 bits per heavy atom. The minimum atomic E-state index is 0.825. The molecule has 4 nitrogen and oxygen atoms in total. The Morgan fingerprint density at radius 2 is 0.690 bits per heavy atom. The number of hydrogen-bond donors (Lipinski definition) is 0. The highest BCUT2D eigenvalue weighted by molar-refractivity contribution is 7.26. The molecule has 3 heterocycles. The molecule has 0 atom stereocenters. The number of nitrogens with zero attached hydrogens (tertiary/aromatic N) is 2. The van der Waals surface area contributed by atoms with Crippen molar-refractivity contribution in [2.75, 3.05) is 9.80 Å².